The minimum atomic E-state index is -4.94. The fraction of sp³-hybridized carbons (Fsp3) is 0.682. The van der Waals surface area contributed by atoms with Crippen LogP contribution >= 0.6 is 0 Å². The number of benzene rings is 1. The normalized spacial score (nSPS) is 20.4. The number of carbonyl (C=O) groups excluding carboxylic acids is 1. The highest BCUT2D eigenvalue weighted by Crippen LogP contribution is 2.37. The van der Waals surface area contributed by atoms with Gasteiger partial charge in [-0.2, -0.15) is 13.2 Å². The molecule has 0 bridgehead atoms. The summed E-state index contributed by atoms with van der Waals surface area (Å²) in [6.45, 7) is 11.4. The second-order valence-electron chi connectivity index (χ2n) is 9.62. The van der Waals surface area contributed by atoms with E-state index < -0.39 is 26.4 Å². The highest BCUT2D eigenvalue weighted by molar-refractivity contribution is 6.74. The Morgan fingerprint density at radius 3 is 2.32 bits per heavy atom. The van der Waals surface area contributed by atoms with Crippen molar-refractivity contribution in [1.29, 1.82) is 0 Å². The Bertz CT molecular complexity index is 733. The molecule has 0 saturated carbocycles. The Labute approximate surface area is 184 Å². The lowest BCUT2D eigenvalue weighted by Gasteiger charge is -2.43. The number of carbonyl (C=O) groups is 1. The molecule has 31 heavy (non-hydrogen) atoms. The van der Waals surface area contributed by atoms with Crippen molar-refractivity contribution in [2.24, 2.45) is 0 Å². The van der Waals surface area contributed by atoms with Crippen LogP contribution in [0.3, 0.4) is 0 Å². The third kappa shape index (κ3) is 6.70. The van der Waals surface area contributed by atoms with Gasteiger partial charge in [0.25, 0.3) is 0 Å². The number of amides is 1. The number of nitrogens with one attached hydrogen (secondary N) is 1. The summed E-state index contributed by atoms with van der Waals surface area (Å²) >= 11 is 0. The number of piperidine rings is 1. The van der Waals surface area contributed by atoms with Gasteiger partial charge in [-0.25, -0.2) is 0 Å². The summed E-state index contributed by atoms with van der Waals surface area (Å²) in [6.07, 6.45) is -3.74. The van der Waals surface area contributed by atoms with Gasteiger partial charge in [0.05, 0.1) is 13.7 Å². The fourth-order valence-corrected chi connectivity index (χ4v) is 4.45. The lowest BCUT2D eigenvalue weighted by molar-refractivity contribution is -0.190. The molecule has 0 aromatic heterocycles. The van der Waals surface area contributed by atoms with Gasteiger partial charge in [0.1, 0.15) is 5.75 Å². The standard InChI is InChI=1S/C22H35F3N2O3Si/c1-21(2,3)31(5,6)30-15-18-19(8-7-13-26-18)27(20(28)22(23,24)25)14-16-9-11-17(29-4)12-10-16/h9-12,18-19,26H,7-8,13-15H2,1-6H3. The van der Waals surface area contributed by atoms with Gasteiger partial charge < -0.3 is 19.4 Å². The Hall–Kier alpha value is -1.58. The lowest BCUT2D eigenvalue weighted by atomic mass is 9.96. The third-order valence-corrected chi connectivity index (χ3v) is 10.9. The quantitative estimate of drug-likeness (QED) is 0.598. The van der Waals surface area contributed by atoms with Crippen molar-refractivity contribution in [3.63, 3.8) is 0 Å². The molecule has 0 aliphatic carbocycles. The van der Waals surface area contributed by atoms with Crippen LogP contribution in [0.1, 0.15) is 39.2 Å². The molecule has 1 aliphatic rings. The van der Waals surface area contributed by atoms with Crippen LogP contribution in [-0.2, 0) is 15.8 Å². The van der Waals surface area contributed by atoms with Gasteiger partial charge in [-0.1, -0.05) is 32.9 Å². The summed E-state index contributed by atoms with van der Waals surface area (Å²) < 4.78 is 51.9. The first-order valence-electron chi connectivity index (χ1n) is 10.6. The molecular formula is C22H35F3N2O3Si. The van der Waals surface area contributed by atoms with E-state index in [1.807, 2.05) is 0 Å². The predicted molar refractivity (Wildman–Crippen MR) is 118 cm³/mol. The Kier molecular flexibility index (Phi) is 8.21. The van der Waals surface area contributed by atoms with Crippen LogP contribution in [0, 0.1) is 0 Å². The van der Waals surface area contributed by atoms with Gasteiger partial charge >= 0.3 is 12.1 Å². The van der Waals surface area contributed by atoms with Crippen molar-refractivity contribution in [1.82, 2.24) is 10.2 Å². The molecule has 1 fully saturated rings. The molecule has 0 radical (unpaired) electrons. The number of halogens is 3. The molecule has 0 spiro atoms. The summed E-state index contributed by atoms with van der Waals surface area (Å²) in [5, 5.41) is 3.29. The minimum Gasteiger partial charge on any atom is -0.497 e. The lowest BCUT2D eigenvalue weighted by Crippen LogP contribution is -2.60. The number of ether oxygens (including phenoxy) is 1. The molecule has 2 unspecified atom stereocenters. The first kappa shape index (κ1) is 25.7. The van der Waals surface area contributed by atoms with Crippen LogP contribution in [0.4, 0.5) is 13.2 Å². The molecule has 1 saturated heterocycles. The van der Waals surface area contributed by atoms with Crippen LogP contribution in [0.5, 0.6) is 5.75 Å². The number of hydrogen-bond acceptors (Lipinski definition) is 4. The summed E-state index contributed by atoms with van der Waals surface area (Å²) in [4.78, 5) is 13.4. The molecule has 1 aliphatic heterocycles. The van der Waals surface area contributed by atoms with Crippen LogP contribution in [0.15, 0.2) is 24.3 Å². The molecule has 9 heteroatoms. The van der Waals surface area contributed by atoms with Gasteiger partial charge in [-0.05, 0) is 55.2 Å². The summed E-state index contributed by atoms with van der Waals surface area (Å²) in [5.74, 6) is -1.20. The average molecular weight is 461 g/mol. The van der Waals surface area contributed by atoms with Crippen molar-refractivity contribution in [3.8, 4) is 5.75 Å². The SMILES string of the molecule is COc1ccc(CN(C(=O)C(F)(F)F)C2CCCNC2CO[Si](C)(C)C(C)(C)C)cc1. The van der Waals surface area contributed by atoms with E-state index in [-0.39, 0.29) is 24.2 Å². The minimum absolute atomic E-state index is 0.0122. The van der Waals surface area contributed by atoms with Crippen LogP contribution in [0.25, 0.3) is 0 Å². The maximum Gasteiger partial charge on any atom is 0.471 e. The number of nitrogens with zero attached hydrogens (tertiary/aromatic N) is 1. The highest BCUT2D eigenvalue weighted by Gasteiger charge is 2.47. The molecule has 2 atom stereocenters. The van der Waals surface area contributed by atoms with Crippen LogP contribution in [-0.4, -0.2) is 57.6 Å². The van der Waals surface area contributed by atoms with Crippen LogP contribution < -0.4 is 10.1 Å². The van der Waals surface area contributed by atoms with Crippen molar-refractivity contribution in [3.05, 3.63) is 29.8 Å². The van der Waals surface area contributed by atoms with E-state index in [2.05, 4.69) is 39.2 Å². The van der Waals surface area contributed by atoms with E-state index in [0.717, 1.165) is 4.90 Å². The first-order chi connectivity index (χ1) is 14.3. The molecule has 1 aromatic carbocycles. The van der Waals surface area contributed by atoms with Crippen LogP contribution in [0.2, 0.25) is 18.1 Å². The maximum atomic E-state index is 13.5. The number of methoxy groups -OCH3 is 1. The summed E-state index contributed by atoms with van der Waals surface area (Å²) in [6, 6.07) is 5.78. The summed E-state index contributed by atoms with van der Waals surface area (Å²) in [5.41, 5.74) is 0.619. The van der Waals surface area contributed by atoms with Crippen molar-refractivity contribution in [2.75, 3.05) is 20.3 Å². The molecule has 1 heterocycles. The number of alkyl halides is 3. The Morgan fingerprint density at radius 2 is 1.81 bits per heavy atom. The second-order valence-corrected chi connectivity index (χ2v) is 14.4. The molecule has 2 rings (SSSR count). The second kappa shape index (κ2) is 9.91. The van der Waals surface area contributed by atoms with E-state index in [1.165, 1.54) is 7.11 Å². The Balaban J connectivity index is 2.27. The summed E-state index contributed by atoms with van der Waals surface area (Å²) in [7, 11) is -0.558. The predicted octanol–water partition coefficient (Wildman–Crippen LogP) is 4.73. The molecule has 176 valence electrons. The van der Waals surface area contributed by atoms with Crippen molar-refractivity contribution < 1.29 is 27.1 Å². The van der Waals surface area contributed by atoms with E-state index in [9.17, 15) is 18.0 Å². The molecular weight excluding hydrogens is 425 g/mol. The number of hydrogen-bond donors (Lipinski definition) is 1. The first-order valence-corrected chi connectivity index (χ1v) is 13.5. The zero-order chi connectivity index (χ0) is 23.4. The van der Waals surface area contributed by atoms with E-state index in [0.29, 0.717) is 30.7 Å². The van der Waals surface area contributed by atoms with Gasteiger partial charge in [0.15, 0.2) is 8.32 Å². The third-order valence-electron chi connectivity index (χ3n) is 6.39. The smallest absolute Gasteiger partial charge is 0.471 e. The molecule has 1 aromatic rings. The van der Waals surface area contributed by atoms with E-state index in [4.69, 9.17) is 9.16 Å². The van der Waals surface area contributed by atoms with Gasteiger partial charge in [-0.15, -0.1) is 0 Å². The Morgan fingerprint density at radius 1 is 1.19 bits per heavy atom. The van der Waals surface area contributed by atoms with Gasteiger partial charge in [-0.3, -0.25) is 4.79 Å². The maximum absolute atomic E-state index is 13.5. The molecule has 1 N–H and O–H groups in total. The van der Waals surface area contributed by atoms with Crippen molar-refractivity contribution >= 4 is 14.2 Å². The van der Waals surface area contributed by atoms with Crippen molar-refractivity contribution in [2.45, 2.75) is 76.5 Å². The average Bonchev–Trinajstić information content (AvgIpc) is 2.69. The van der Waals surface area contributed by atoms with E-state index >= 15 is 0 Å². The largest absolute Gasteiger partial charge is 0.497 e. The highest BCUT2D eigenvalue weighted by atomic mass is 28.4. The van der Waals surface area contributed by atoms with E-state index in [1.54, 1.807) is 24.3 Å². The fourth-order valence-electron chi connectivity index (χ4n) is 3.42. The zero-order valence-electron chi connectivity index (χ0n) is 19.3. The zero-order valence-corrected chi connectivity index (χ0v) is 20.3. The van der Waals surface area contributed by atoms with Gasteiger partial charge in [0.2, 0.25) is 0 Å². The molecule has 5 nitrogen and oxygen atoms in total. The monoisotopic (exact) mass is 460 g/mol. The number of rotatable bonds is 7. The topological polar surface area (TPSA) is 50.8 Å². The van der Waals surface area contributed by atoms with Gasteiger partial charge in [0, 0.05) is 18.6 Å². The molecule has 1 amide bonds.